The van der Waals surface area contributed by atoms with Crippen LogP contribution in [0.4, 0.5) is 0 Å². The van der Waals surface area contributed by atoms with Gasteiger partial charge in [0.05, 0.1) is 27.2 Å². The molecule has 0 rings (SSSR count). The lowest BCUT2D eigenvalue weighted by molar-refractivity contribution is -0.890. The molecule has 39 heavy (non-hydrogen) atoms. The minimum absolute atomic E-state index is 1.24. The molecule has 0 aromatic rings. The van der Waals surface area contributed by atoms with Crippen LogP contribution in [0.15, 0.2) is 12.2 Å². The second kappa shape index (κ2) is 32.2. The van der Waals surface area contributed by atoms with Gasteiger partial charge in [-0.05, 0) is 51.4 Å². The molecule has 0 heterocycles. The zero-order valence-electron chi connectivity index (χ0n) is 28.2. The first-order valence-corrected chi connectivity index (χ1v) is 18.6. The van der Waals surface area contributed by atoms with E-state index in [0.29, 0.717) is 0 Å². The number of hydrogen-bond acceptors (Lipinski definition) is 0. The van der Waals surface area contributed by atoms with E-state index in [9.17, 15) is 0 Å². The number of hydrogen-bond donors (Lipinski definition) is 0. The molecule has 1 heteroatoms. The molecule has 0 radical (unpaired) electrons. The van der Waals surface area contributed by atoms with Crippen LogP contribution in [0, 0.1) is 0 Å². The Bertz CT molecular complexity index is 465. The van der Waals surface area contributed by atoms with E-state index in [2.05, 4.69) is 40.1 Å². The van der Waals surface area contributed by atoms with Crippen molar-refractivity contribution in [2.75, 3.05) is 27.2 Å². The molecule has 0 amide bonds. The molecule has 0 unspecified atom stereocenters. The van der Waals surface area contributed by atoms with Crippen LogP contribution in [0.1, 0.15) is 206 Å². The maximum atomic E-state index is 2.46. The molecule has 0 saturated carbocycles. The molecule has 0 aromatic heterocycles. The molecule has 234 valence electrons. The lowest BCUT2D eigenvalue weighted by Crippen LogP contribution is -2.41. The monoisotopic (exact) mass is 549 g/mol. The summed E-state index contributed by atoms with van der Waals surface area (Å²) in [6.45, 7) is 7.36. The van der Waals surface area contributed by atoms with Gasteiger partial charge >= 0.3 is 0 Å². The van der Waals surface area contributed by atoms with Crippen LogP contribution in [0.2, 0.25) is 0 Å². The summed E-state index contributed by atoms with van der Waals surface area (Å²) >= 11 is 0. The molecule has 0 aliphatic heterocycles. The first kappa shape index (κ1) is 38.7. The summed E-state index contributed by atoms with van der Waals surface area (Å²) in [6, 6.07) is 0. The largest absolute Gasteiger partial charge is 0.328 e. The topological polar surface area (TPSA) is 0 Å². The first-order chi connectivity index (χ1) is 19.1. The highest BCUT2D eigenvalue weighted by molar-refractivity contribution is 4.81. The summed E-state index contributed by atoms with van der Waals surface area (Å²) < 4.78 is 1.24. The zero-order valence-corrected chi connectivity index (χ0v) is 28.2. The molecule has 0 atom stereocenters. The van der Waals surface area contributed by atoms with E-state index in [4.69, 9.17) is 0 Å². The summed E-state index contributed by atoms with van der Waals surface area (Å²) in [6.07, 6.45) is 48.0. The van der Waals surface area contributed by atoms with Gasteiger partial charge in [-0.2, -0.15) is 0 Å². The quantitative estimate of drug-likeness (QED) is 0.0434. The second-order valence-corrected chi connectivity index (χ2v) is 13.6. The van der Waals surface area contributed by atoms with Crippen molar-refractivity contribution in [3.05, 3.63) is 12.2 Å². The summed E-state index contributed by atoms with van der Waals surface area (Å²) in [5.74, 6) is 0. The van der Waals surface area contributed by atoms with E-state index >= 15 is 0 Å². The first-order valence-electron chi connectivity index (χ1n) is 18.6. The van der Waals surface area contributed by atoms with E-state index < -0.39 is 0 Å². The number of unbranched alkanes of at least 4 members (excludes halogenated alkanes) is 27. The van der Waals surface area contributed by atoms with Gasteiger partial charge in [-0.15, -0.1) is 0 Å². The maximum Gasteiger partial charge on any atom is 0.0782 e. The minimum Gasteiger partial charge on any atom is -0.328 e. The van der Waals surface area contributed by atoms with Crippen molar-refractivity contribution in [1.29, 1.82) is 0 Å². The molecule has 1 nitrogen and oxygen atoms in total. The van der Waals surface area contributed by atoms with Crippen LogP contribution in [0.3, 0.4) is 0 Å². The van der Waals surface area contributed by atoms with Crippen LogP contribution in [-0.2, 0) is 0 Å². The van der Waals surface area contributed by atoms with Crippen LogP contribution < -0.4 is 0 Å². The molecule has 0 N–H and O–H groups in total. The maximum absolute atomic E-state index is 2.46. The van der Waals surface area contributed by atoms with Crippen molar-refractivity contribution in [1.82, 2.24) is 0 Å². The fraction of sp³-hybridized carbons (Fsp3) is 0.947. The Kier molecular flexibility index (Phi) is 32.0. The molecular formula is C38H78N+. The van der Waals surface area contributed by atoms with Gasteiger partial charge in [-0.3, -0.25) is 0 Å². The third-order valence-electron chi connectivity index (χ3n) is 8.89. The number of rotatable bonds is 33. The van der Waals surface area contributed by atoms with E-state index in [0.717, 1.165) is 0 Å². The van der Waals surface area contributed by atoms with E-state index in [1.807, 2.05) is 0 Å². The summed E-state index contributed by atoms with van der Waals surface area (Å²) in [5, 5.41) is 0. The zero-order chi connectivity index (χ0) is 28.5. The summed E-state index contributed by atoms with van der Waals surface area (Å²) in [5.41, 5.74) is 0. The van der Waals surface area contributed by atoms with Gasteiger partial charge < -0.3 is 4.48 Å². The Hall–Kier alpha value is -0.300. The summed E-state index contributed by atoms with van der Waals surface area (Å²) in [4.78, 5) is 0. The smallest absolute Gasteiger partial charge is 0.0782 e. The molecule has 0 spiro atoms. The lowest BCUT2D eigenvalue weighted by atomic mass is 10.0. The molecule has 0 fully saturated rings. The molecule has 0 aromatic carbocycles. The Balaban J connectivity index is 3.31. The van der Waals surface area contributed by atoms with Crippen molar-refractivity contribution < 1.29 is 4.48 Å². The van der Waals surface area contributed by atoms with Gasteiger partial charge in [0.15, 0.2) is 0 Å². The van der Waals surface area contributed by atoms with Crippen molar-refractivity contribution in [3.63, 3.8) is 0 Å². The predicted molar refractivity (Wildman–Crippen MR) is 181 cm³/mol. The molecule has 0 bridgehead atoms. The van der Waals surface area contributed by atoms with Crippen LogP contribution in [0.5, 0.6) is 0 Å². The molecular weight excluding hydrogens is 470 g/mol. The predicted octanol–water partition coefficient (Wildman–Crippen LogP) is 13.4. The Morgan fingerprint density at radius 3 is 0.821 bits per heavy atom. The van der Waals surface area contributed by atoms with Gasteiger partial charge in [0.1, 0.15) is 0 Å². The highest BCUT2D eigenvalue weighted by atomic mass is 15.3. The van der Waals surface area contributed by atoms with Crippen molar-refractivity contribution >= 4 is 0 Å². The fourth-order valence-electron chi connectivity index (χ4n) is 5.99. The highest BCUT2D eigenvalue weighted by Crippen LogP contribution is 2.15. The van der Waals surface area contributed by atoms with Gasteiger partial charge in [-0.1, -0.05) is 167 Å². The molecule has 0 aliphatic rings. The highest BCUT2D eigenvalue weighted by Gasteiger charge is 2.13. The Morgan fingerprint density at radius 2 is 0.538 bits per heavy atom. The van der Waals surface area contributed by atoms with E-state index in [-0.39, 0.29) is 0 Å². The third kappa shape index (κ3) is 33.8. The second-order valence-electron chi connectivity index (χ2n) is 13.6. The molecule has 0 saturated heterocycles. The minimum atomic E-state index is 1.24. The van der Waals surface area contributed by atoms with Crippen LogP contribution in [-0.4, -0.2) is 31.7 Å². The lowest BCUT2D eigenvalue weighted by Gasteiger charge is -2.30. The van der Waals surface area contributed by atoms with Crippen molar-refractivity contribution in [2.45, 2.75) is 206 Å². The Morgan fingerprint density at radius 1 is 0.308 bits per heavy atom. The van der Waals surface area contributed by atoms with Gasteiger partial charge in [0, 0.05) is 0 Å². The Labute approximate surface area is 250 Å². The van der Waals surface area contributed by atoms with Gasteiger partial charge in [-0.25, -0.2) is 0 Å². The van der Waals surface area contributed by atoms with Crippen molar-refractivity contribution in [2.24, 2.45) is 0 Å². The summed E-state index contributed by atoms with van der Waals surface area (Å²) in [7, 11) is 4.92. The van der Waals surface area contributed by atoms with Gasteiger partial charge in [0.25, 0.3) is 0 Å². The van der Waals surface area contributed by atoms with Crippen LogP contribution >= 0.6 is 0 Å². The number of allylic oxidation sites excluding steroid dienone is 2. The van der Waals surface area contributed by atoms with E-state index in [1.165, 1.54) is 210 Å². The average Bonchev–Trinajstić information content (AvgIpc) is 2.92. The molecule has 0 aliphatic carbocycles. The number of nitrogens with zero attached hydrogens (tertiary/aromatic N) is 1. The van der Waals surface area contributed by atoms with Crippen LogP contribution in [0.25, 0.3) is 0 Å². The van der Waals surface area contributed by atoms with Crippen molar-refractivity contribution in [3.8, 4) is 0 Å². The number of quaternary nitrogens is 1. The average molecular weight is 549 g/mol. The third-order valence-corrected chi connectivity index (χ3v) is 8.89. The fourth-order valence-corrected chi connectivity index (χ4v) is 5.99. The van der Waals surface area contributed by atoms with Gasteiger partial charge in [0.2, 0.25) is 0 Å². The van der Waals surface area contributed by atoms with E-state index in [1.54, 1.807) is 0 Å². The standard InChI is InChI=1S/C38H78N/c1-5-7-9-11-13-15-17-19-21-23-25-27-29-31-33-35-37-39(3,4)38-36-34-32-30-28-26-24-22-20-18-16-14-12-10-8-6-2/h19,21H,5-18,20,22-38H2,1-4H3/q+1/b21-19-. The SMILES string of the molecule is CCCCCCCC/C=C\CCCCCCCC[N+](C)(C)CCCCCCCCCCCCCCCCCC. The normalized spacial score (nSPS) is 12.2.